The summed E-state index contributed by atoms with van der Waals surface area (Å²) in [5.41, 5.74) is 0.168. The number of hydrogen-bond acceptors (Lipinski definition) is 4. The van der Waals surface area contributed by atoms with Crippen LogP contribution in [0.15, 0.2) is 17.1 Å². The number of urea groups is 1. The SMILES string of the molecule is COC(=O)[C@@]12CCCC[C@@H]1CN(C(=O)Nc1c(C)ccn(C)c1=O)C2. The largest absolute Gasteiger partial charge is 0.469 e. The van der Waals surface area contributed by atoms with E-state index in [1.807, 2.05) is 0 Å². The molecule has 0 spiro atoms. The maximum atomic E-state index is 12.7. The van der Waals surface area contributed by atoms with Gasteiger partial charge in [0.2, 0.25) is 0 Å². The lowest BCUT2D eigenvalue weighted by Crippen LogP contribution is -2.43. The van der Waals surface area contributed by atoms with Crippen molar-refractivity contribution in [2.45, 2.75) is 32.6 Å². The van der Waals surface area contributed by atoms with E-state index in [2.05, 4.69) is 5.32 Å². The molecule has 1 saturated heterocycles. The molecule has 0 aromatic carbocycles. The second kappa shape index (κ2) is 6.54. The molecule has 1 N–H and O–H groups in total. The Morgan fingerprint density at radius 3 is 2.84 bits per heavy atom. The number of carbonyl (C=O) groups excluding carboxylic acids is 2. The summed E-state index contributed by atoms with van der Waals surface area (Å²) in [6, 6.07) is 1.46. The summed E-state index contributed by atoms with van der Waals surface area (Å²) in [7, 11) is 3.05. The third-order valence-electron chi connectivity index (χ3n) is 5.71. The summed E-state index contributed by atoms with van der Waals surface area (Å²) < 4.78 is 6.48. The number of aromatic nitrogens is 1. The molecule has 2 amide bonds. The minimum atomic E-state index is -0.596. The van der Waals surface area contributed by atoms with E-state index >= 15 is 0 Å². The number of amides is 2. The zero-order chi connectivity index (χ0) is 18.2. The Balaban J connectivity index is 1.82. The number of nitrogens with one attached hydrogen (secondary N) is 1. The zero-order valence-corrected chi connectivity index (χ0v) is 15.0. The number of rotatable bonds is 2. The Hall–Kier alpha value is -2.31. The first kappa shape index (κ1) is 17.5. The molecule has 0 radical (unpaired) electrons. The molecule has 1 aromatic heterocycles. The lowest BCUT2D eigenvalue weighted by molar-refractivity contribution is -0.156. The van der Waals surface area contributed by atoms with E-state index in [0.29, 0.717) is 13.1 Å². The molecule has 1 aromatic rings. The minimum absolute atomic E-state index is 0.124. The first-order valence-corrected chi connectivity index (χ1v) is 8.69. The number of ether oxygens (including phenoxy) is 1. The lowest BCUT2D eigenvalue weighted by Gasteiger charge is -2.35. The summed E-state index contributed by atoms with van der Waals surface area (Å²) in [6.45, 7) is 2.66. The second-order valence-corrected chi connectivity index (χ2v) is 7.19. The lowest BCUT2D eigenvalue weighted by atomic mass is 9.68. The molecule has 1 aliphatic carbocycles. The van der Waals surface area contributed by atoms with Crippen molar-refractivity contribution in [3.63, 3.8) is 0 Å². The Bertz CT molecular complexity index is 757. The predicted octanol–water partition coefficient (Wildman–Crippen LogP) is 1.89. The zero-order valence-electron chi connectivity index (χ0n) is 15.0. The van der Waals surface area contributed by atoms with Crippen molar-refractivity contribution in [1.82, 2.24) is 9.47 Å². The molecule has 2 heterocycles. The van der Waals surface area contributed by atoms with Crippen LogP contribution in [0.1, 0.15) is 31.2 Å². The van der Waals surface area contributed by atoms with Gasteiger partial charge in [-0.3, -0.25) is 9.59 Å². The maximum absolute atomic E-state index is 12.7. The Morgan fingerprint density at radius 2 is 2.12 bits per heavy atom. The molecular formula is C18H25N3O4. The molecule has 2 aliphatic rings. The molecule has 3 rings (SSSR count). The summed E-state index contributed by atoms with van der Waals surface area (Å²) in [5, 5.41) is 2.75. The smallest absolute Gasteiger partial charge is 0.322 e. The normalized spacial score (nSPS) is 25.4. The van der Waals surface area contributed by atoms with Crippen LogP contribution >= 0.6 is 0 Å². The van der Waals surface area contributed by atoms with Crippen molar-refractivity contribution in [3.8, 4) is 0 Å². The van der Waals surface area contributed by atoms with Gasteiger partial charge in [0.15, 0.2) is 0 Å². The van der Waals surface area contributed by atoms with Crippen LogP contribution in [0.5, 0.6) is 0 Å². The van der Waals surface area contributed by atoms with Crippen molar-refractivity contribution < 1.29 is 14.3 Å². The number of fused-ring (bicyclic) bond motifs is 1. The van der Waals surface area contributed by atoms with Crippen LogP contribution in [0, 0.1) is 18.3 Å². The molecule has 1 aliphatic heterocycles. The third kappa shape index (κ3) is 2.92. The summed E-state index contributed by atoms with van der Waals surface area (Å²) in [4.78, 5) is 39.1. The van der Waals surface area contributed by atoms with Crippen LogP contribution < -0.4 is 10.9 Å². The number of methoxy groups -OCH3 is 1. The summed E-state index contributed by atoms with van der Waals surface area (Å²) in [5.74, 6) is -0.0986. The fourth-order valence-corrected chi connectivity index (χ4v) is 4.21. The number of anilines is 1. The monoisotopic (exact) mass is 347 g/mol. The average molecular weight is 347 g/mol. The first-order valence-electron chi connectivity index (χ1n) is 8.69. The molecule has 1 saturated carbocycles. The highest BCUT2D eigenvalue weighted by Gasteiger charge is 2.54. The van der Waals surface area contributed by atoms with Gasteiger partial charge in [-0.1, -0.05) is 12.8 Å². The molecule has 136 valence electrons. The molecule has 2 atom stereocenters. The van der Waals surface area contributed by atoms with Gasteiger partial charge in [-0.25, -0.2) is 4.79 Å². The third-order valence-corrected chi connectivity index (χ3v) is 5.71. The average Bonchev–Trinajstić information content (AvgIpc) is 3.02. The fraction of sp³-hybridized carbons (Fsp3) is 0.611. The van der Waals surface area contributed by atoms with Crippen molar-refractivity contribution in [3.05, 3.63) is 28.2 Å². The quantitative estimate of drug-likeness (QED) is 0.829. The van der Waals surface area contributed by atoms with Gasteiger partial charge in [0, 0.05) is 26.3 Å². The van der Waals surface area contributed by atoms with Gasteiger partial charge in [0.05, 0.1) is 12.5 Å². The second-order valence-electron chi connectivity index (χ2n) is 7.19. The topological polar surface area (TPSA) is 80.6 Å². The molecule has 0 unspecified atom stereocenters. The summed E-state index contributed by atoms with van der Waals surface area (Å²) in [6.07, 6.45) is 5.38. The van der Waals surface area contributed by atoms with E-state index in [4.69, 9.17) is 4.74 Å². The highest BCUT2D eigenvalue weighted by atomic mass is 16.5. The highest BCUT2D eigenvalue weighted by molar-refractivity contribution is 5.91. The predicted molar refractivity (Wildman–Crippen MR) is 93.4 cm³/mol. The molecule has 0 bridgehead atoms. The highest BCUT2D eigenvalue weighted by Crippen LogP contribution is 2.47. The number of nitrogens with zero attached hydrogens (tertiary/aromatic N) is 2. The van der Waals surface area contributed by atoms with Crippen molar-refractivity contribution in [2.75, 3.05) is 25.5 Å². The van der Waals surface area contributed by atoms with Gasteiger partial charge in [-0.2, -0.15) is 0 Å². The Morgan fingerprint density at radius 1 is 1.36 bits per heavy atom. The van der Waals surface area contributed by atoms with Gasteiger partial charge < -0.3 is 19.5 Å². The van der Waals surface area contributed by atoms with E-state index in [1.54, 1.807) is 31.1 Å². The van der Waals surface area contributed by atoms with Gasteiger partial charge in [0.25, 0.3) is 5.56 Å². The molecule has 2 fully saturated rings. The van der Waals surface area contributed by atoms with Crippen LogP contribution in [-0.4, -0.2) is 41.7 Å². The van der Waals surface area contributed by atoms with E-state index in [0.717, 1.165) is 31.2 Å². The van der Waals surface area contributed by atoms with Gasteiger partial charge >= 0.3 is 12.0 Å². The molecule has 25 heavy (non-hydrogen) atoms. The standard InChI is InChI=1S/C18H25N3O4/c1-12-7-9-20(2)15(22)14(12)19-17(24)21-10-13-6-4-5-8-18(13,11-21)16(23)25-3/h7,9,13H,4-6,8,10-11H2,1-3H3,(H,19,24)/t13-,18-/m1/s1. The Kier molecular flexibility index (Phi) is 4.58. The number of pyridine rings is 1. The van der Waals surface area contributed by atoms with Gasteiger partial charge in [-0.15, -0.1) is 0 Å². The van der Waals surface area contributed by atoms with Crippen LogP contribution in [0.25, 0.3) is 0 Å². The van der Waals surface area contributed by atoms with E-state index in [9.17, 15) is 14.4 Å². The number of aryl methyl sites for hydroxylation is 2. The molecular weight excluding hydrogens is 322 g/mol. The Labute approximate surface area is 147 Å². The van der Waals surface area contributed by atoms with E-state index in [1.165, 1.54) is 11.7 Å². The van der Waals surface area contributed by atoms with Crippen molar-refractivity contribution in [1.29, 1.82) is 0 Å². The number of carbonyl (C=O) groups is 2. The van der Waals surface area contributed by atoms with Crippen molar-refractivity contribution >= 4 is 17.7 Å². The van der Waals surface area contributed by atoms with Crippen LogP contribution in [0.2, 0.25) is 0 Å². The van der Waals surface area contributed by atoms with Gasteiger partial charge in [0.1, 0.15) is 5.69 Å². The fourth-order valence-electron chi connectivity index (χ4n) is 4.21. The van der Waals surface area contributed by atoms with E-state index in [-0.39, 0.29) is 29.2 Å². The number of esters is 1. The number of hydrogen-bond donors (Lipinski definition) is 1. The first-order chi connectivity index (χ1) is 11.9. The summed E-state index contributed by atoms with van der Waals surface area (Å²) >= 11 is 0. The maximum Gasteiger partial charge on any atom is 0.322 e. The van der Waals surface area contributed by atoms with Crippen LogP contribution in [-0.2, 0) is 16.6 Å². The molecule has 7 heteroatoms. The molecule has 7 nitrogen and oxygen atoms in total. The van der Waals surface area contributed by atoms with Crippen molar-refractivity contribution in [2.24, 2.45) is 18.4 Å². The van der Waals surface area contributed by atoms with E-state index < -0.39 is 5.41 Å². The minimum Gasteiger partial charge on any atom is -0.469 e. The number of likely N-dealkylation sites (tertiary alicyclic amines) is 1. The van der Waals surface area contributed by atoms with Crippen LogP contribution in [0.4, 0.5) is 10.5 Å². The van der Waals surface area contributed by atoms with Crippen LogP contribution in [0.3, 0.4) is 0 Å². The van der Waals surface area contributed by atoms with Gasteiger partial charge in [-0.05, 0) is 37.3 Å².